The summed E-state index contributed by atoms with van der Waals surface area (Å²) in [6.45, 7) is 2.02. The second kappa shape index (κ2) is 2.08. The highest BCUT2D eigenvalue weighted by Crippen LogP contribution is 2.39. The molecule has 51 valence electrons. The Kier molecular flexibility index (Phi) is 1.23. The van der Waals surface area contributed by atoms with Crippen LogP contribution in [0.25, 0.3) is 0 Å². The van der Waals surface area contributed by atoms with Crippen LogP contribution < -0.4 is 0 Å². The summed E-state index contributed by atoms with van der Waals surface area (Å²) in [6, 6.07) is 4.17. The summed E-state index contributed by atoms with van der Waals surface area (Å²) in [5, 5.41) is 0. The third kappa shape index (κ3) is 1.04. The van der Waals surface area contributed by atoms with Crippen LogP contribution in [0.4, 0.5) is 0 Å². The molecule has 0 aromatic carbocycles. The summed E-state index contributed by atoms with van der Waals surface area (Å²) < 4.78 is 0. The van der Waals surface area contributed by atoms with Gasteiger partial charge in [0.2, 0.25) is 0 Å². The van der Waals surface area contributed by atoms with Gasteiger partial charge in [-0.15, -0.1) is 0 Å². The smallest absolute Gasteiger partial charge is 0.0892 e. The molecule has 0 aliphatic heterocycles. The fraction of sp³-hybridized carbons (Fsp3) is 0.444. The van der Waals surface area contributed by atoms with E-state index in [0.717, 1.165) is 11.6 Å². The van der Waals surface area contributed by atoms with Crippen LogP contribution >= 0.6 is 0 Å². The number of aryl methyl sites for hydroxylation is 1. The van der Waals surface area contributed by atoms with Crippen LogP contribution in [0.1, 0.15) is 30.0 Å². The van der Waals surface area contributed by atoms with Crippen molar-refractivity contribution in [3.8, 4) is 0 Å². The number of nitrogens with zero attached hydrogens (tertiary/aromatic N) is 1. The van der Waals surface area contributed by atoms with E-state index in [1.165, 1.54) is 18.4 Å². The maximum absolute atomic E-state index is 4.03. The molecule has 10 heavy (non-hydrogen) atoms. The zero-order valence-electron chi connectivity index (χ0n) is 6.09. The third-order valence-electron chi connectivity index (χ3n) is 1.90. The minimum absolute atomic E-state index is 0.831. The van der Waals surface area contributed by atoms with Gasteiger partial charge in [-0.25, -0.2) is 0 Å². The minimum atomic E-state index is 0.831. The molecule has 1 aromatic rings. The maximum Gasteiger partial charge on any atom is 0.0892 e. The van der Waals surface area contributed by atoms with E-state index < -0.39 is 0 Å². The van der Waals surface area contributed by atoms with Gasteiger partial charge in [-0.05, 0) is 43.4 Å². The fourth-order valence-corrected chi connectivity index (χ4v) is 1.18. The summed E-state index contributed by atoms with van der Waals surface area (Å²) in [5.41, 5.74) is 2.51. The number of hydrogen-bond acceptors (Lipinski definition) is 1. The van der Waals surface area contributed by atoms with E-state index in [1.54, 1.807) is 0 Å². The number of aromatic nitrogens is 1. The first-order chi connectivity index (χ1) is 4.86. The van der Waals surface area contributed by atoms with Crippen molar-refractivity contribution in [2.75, 3.05) is 0 Å². The van der Waals surface area contributed by atoms with Crippen LogP contribution in [0.5, 0.6) is 0 Å². The molecule has 1 fully saturated rings. The topological polar surface area (TPSA) is 12.9 Å². The van der Waals surface area contributed by atoms with Crippen molar-refractivity contribution in [3.63, 3.8) is 0 Å². The summed E-state index contributed by atoms with van der Waals surface area (Å²) in [4.78, 5) is 4.03. The number of hydrogen-bond donors (Lipinski definition) is 0. The van der Waals surface area contributed by atoms with Crippen molar-refractivity contribution in [2.24, 2.45) is 0 Å². The highest BCUT2D eigenvalue weighted by atomic mass is 14.6. The molecule has 1 nitrogen and oxygen atoms in total. The van der Waals surface area contributed by atoms with Crippen LogP contribution in [0, 0.1) is 13.1 Å². The largest absolute Gasteiger partial charge is 0.251 e. The quantitative estimate of drug-likeness (QED) is 0.570. The summed E-state index contributed by atoms with van der Waals surface area (Å²) in [7, 11) is 0. The summed E-state index contributed by atoms with van der Waals surface area (Å²) in [6.07, 6.45) is 5.62. The minimum Gasteiger partial charge on any atom is -0.251 e. The van der Waals surface area contributed by atoms with E-state index in [1.807, 2.05) is 13.0 Å². The van der Waals surface area contributed by atoms with Gasteiger partial charge >= 0.3 is 0 Å². The van der Waals surface area contributed by atoms with E-state index in [9.17, 15) is 0 Å². The van der Waals surface area contributed by atoms with Crippen molar-refractivity contribution in [1.29, 1.82) is 0 Å². The molecule has 1 aromatic heterocycles. The first-order valence-electron chi connectivity index (χ1n) is 3.71. The van der Waals surface area contributed by atoms with Gasteiger partial charge in [0.15, 0.2) is 0 Å². The van der Waals surface area contributed by atoms with Gasteiger partial charge in [-0.3, -0.25) is 4.98 Å². The van der Waals surface area contributed by atoms with Gasteiger partial charge < -0.3 is 0 Å². The second-order valence-electron chi connectivity index (χ2n) is 2.95. The molecule has 1 heteroatoms. The van der Waals surface area contributed by atoms with Crippen LogP contribution in [0.3, 0.4) is 0 Å². The van der Waals surface area contributed by atoms with Crippen molar-refractivity contribution in [3.05, 3.63) is 29.6 Å². The highest BCUT2D eigenvalue weighted by Gasteiger charge is 2.23. The van der Waals surface area contributed by atoms with Gasteiger partial charge in [-0.1, -0.05) is 0 Å². The predicted molar refractivity (Wildman–Crippen MR) is 39.8 cm³/mol. The van der Waals surface area contributed by atoms with Crippen LogP contribution in [-0.2, 0) is 0 Å². The molecule has 1 saturated carbocycles. The average molecular weight is 132 g/mol. The molecule has 2 rings (SSSR count). The van der Waals surface area contributed by atoms with Gasteiger partial charge in [0.05, 0.1) is 6.20 Å². The Balaban J connectivity index is 2.32. The molecular weight excluding hydrogens is 122 g/mol. The molecule has 0 amide bonds. The fourth-order valence-electron chi connectivity index (χ4n) is 1.18. The number of pyridine rings is 1. The van der Waals surface area contributed by atoms with Crippen LogP contribution in [0.2, 0.25) is 0 Å². The summed E-state index contributed by atoms with van der Waals surface area (Å²) in [5.74, 6) is 0.831. The molecule has 1 heterocycles. The van der Waals surface area contributed by atoms with E-state index in [4.69, 9.17) is 0 Å². The standard InChI is InChI=1S/C9H10N/c1-7-6-9(4-5-10-7)8-2-3-8/h4,6,8H,2-3H2,1H3. The van der Waals surface area contributed by atoms with Crippen LogP contribution in [0.15, 0.2) is 12.1 Å². The van der Waals surface area contributed by atoms with Gasteiger partial charge in [-0.2, -0.15) is 0 Å². The monoisotopic (exact) mass is 132 g/mol. The zero-order chi connectivity index (χ0) is 6.97. The lowest BCUT2D eigenvalue weighted by molar-refractivity contribution is 1.07. The van der Waals surface area contributed by atoms with E-state index in [2.05, 4.69) is 17.2 Å². The Hall–Kier alpha value is -0.850. The molecule has 1 radical (unpaired) electrons. The van der Waals surface area contributed by atoms with Crippen molar-refractivity contribution >= 4 is 0 Å². The molecule has 1 aliphatic carbocycles. The second-order valence-corrected chi connectivity index (χ2v) is 2.95. The molecule has 0 bridgehead atoms. The van der Waals surface area contributed by atoms with E-state index in [0.29, 0.717) is 0 Å². The van der Waals surface area contributed by atoms with Gasteiger partial charge in [0, 0.05) is 5.69 Å². The molecular formula is C9H10N. The Morgan fingerprint density at radius 3 is 3.00 bits per heavy atom. The predicted octanol–water partition coefficient (Wildman–Crippen LogP) is 2.07. The highest BCUT2D eigenvalue weighted by molar-refractivity contribution is 5.23. The normalized spacial score (nSPS) is 17.3. The van der Waals surface area contributed by atoms with Crippen LogP contribution in [-0.4, -0.2) is 4.98 Å². The van der Waals surface area contributed by atoms with Crippen molar-refractivity contribution in [2.45, 2.75) is 25.7 Å². The van der Waals surface area contributed by atoms with E-state index >= 15 is 0 Å². The molecule has 0 saturated heterocycles. The first kappa shape index (κ1) is 5.90. The molecule has 0 atom stereocenters. The lowest BCUT2D eigenvalue weighted by Gasteiger charge is -1.95. The summed E-state index contributed by atoms with van der Waals surface area (Å²) >= 11 is 0. The Labute approximate surface area is 61.1 Å². The van der Waals surface area contributed by atoms with Gasteiger partial charge in [0.1, 0.15) is 0 Å². The Morgan fingerprint density at radius 2 is 2.40 bits per heavy atom. The average Bonchev–Trinajstić information content (AvgIpc) is 2.68. The first-order valence-corrected chi connectivity index (χ1v) is 3.71. The lowest BCUT2D eigenvalue weighted by Crippen LogP contribution is -1.83. The molecule has 0 spiro atoms. The van der Waals surface area contributed by atoms with E-state index in [-0.39, 0.29) is 0 Å². The zero-order valence-corrected chi connectivity index (χ0v) is 6.09. The maximum atomic E-state index is 4.03. The number of rotatable bonds is 1. The van der Waals surface area contributed by atoms with Crippen molar-refractivity contribution < 1.29 is 0 Å². The Morgan fingerprint density at radius 1 is 1.60 bits per heavy atom. The lowest BCUT2D eigenvalue weighted by atomic mass is 10.1. The molecule has 1 aliphatic rings. The molecule has 0 N–H and O–H groups in total. The third-order valence-corrected chi connectivity index (χ3v) is 1.90. The Bertz CT molecular complexity index is 238. The SMILES string of the molecule is Cc1cc(C2CC2)c[c]n1. The molecule has 0 unspecified atom stereocenters. The van der Waals surface area contributed by atoms with Gasteiger partial charge in [0.25, 0.3) is 0 Å². The van der Waals surface area contributed by atoms with Crippen molar-refractivity contribution in [1.82, 2.24) is 4.98 Å².